The lowest BCUT2D eigenvalue weighted by molar-refractivity contribution is -0.928. The predicted molar refractivity (Wildman–Crippen MR) is 84.8 cm³/mol. The molecule has 0 N–H and O–H groups in total. The lowest BCUT2D eigenvalue weighted by Crippen LogP contribution is -2.50. The van der Waals surface area contributed by atoms with E-state index in [2.05, 4.69) is 20.8 Å². The first-order valence-electron chi connectivity index (χ1n) is 8.27. The number of para-hydroxylation sites is 1. The van der Waals surface area contributed by atoms with E-state index < -0.39 is 0 Å². The van der Waals surface area contributed by atoms with Crippen molar-refractivity contribution in [3.05, 3.63) is 29.8 Å². The molecule has 0 aromatic heterocycles. The van der Waals surface area contributed by atoms with Gasteiger partial charge in [0, 0.05) is 6.42 Å². The van der Waals surface area contributed by atoms with Gasteiger partial charge >= 0.3 is 0 Å². The van der Waals surface area contributed by atoms with Crippen LogP contribution in [0.3, 0.4) is 0 Å². The molecule has 114 valence electrons. The van der Waals surface area contributed by atoms with Gasteiger partial charge < -0.3 is 9.59 Å². The molecule has 0 heterocycles. The van der Waals surface area contributed by atoms with E-state index in [1.165, 1.54) is 49.9 Å². The third kappa shape index (κ3) is 5.16. The van der Waals surface area contributed by atoms with Gasteiger partial charge in [-0.25, -0.2) is 0 Å². The van der Waals surface area contributed by atoms with Gasteiger partial charge in [-0.1, -0.05) is 50.6 Å². The largest absolute Gasteiger partial charge is 0.872 e. The Bertz CT molecular complexity index is 358. The van der Waals surface area contributed by atoms with Crippen LogP contribution in [0, 0.1) is 0 Å². The average Bonchev–Trinajstić information content (AvgIpc) is 2.42. The Morgan fingerprint density at radius 2 is 1.40 bits per heavy atom. The van der Waals surface area contributed by atoms with Crippen LogP contribution < -0.4 is 5.11 Å². The van der Waals surface area contributed by atoms with Crippen molar-refractivity contribution in [1.82, 2.24) is 0 Å². The van der Waals surface area contributed by atoms with Gasteiger partial charge in [-0.05, 0) is 25.7 Å². The zero-order chi connectivity index (χ0) is 14.8. The average molecular weight is 277 g/mol. The second-order valence-corrected chi connectivity index (χ2v) is 5.95. The normalized spacial score (nSPS) is 11.8. The first kappa shape index (κ1) is 17.0. The Hall–Kier alpha value is -1.02. The Morgan fingerprint density at radius 1 is 0.850 bits per heavy atom. The van der Waals surface area contributed by atoms with E-state index in [1.807, 2.05) is 18.2 Å². The number of rotatable bonds is 10. The summed E-state index contributed by atoms with van der Waals surface area (Å²) in [6.45, 7) is 11.9. The van der Waals surface area contributed by atoms with Gasteiger partial charge in [-0.15, -0.1) is 5.75 Å². The highest BCUT2D eigenvalue weighted by molar-refractivity contribution is 5.30. The van der Waals surface area contributed by atoms with Gasteiger partial charge in [-0.2, -0.15) is 0 Å². The van der Waals surface area contributed by atoms with E-state index in [9.17, 15) is 5.11 Å². The summed E-state index contributed by atoms with van der Waals surface area (Å²) < 4.78 is 1.24. The summed E-state index contributed by atoms with van der Waals surface area (Å²) in [5, 5.41) is 11.7. The summed E-state index contributed by atoms with van der Waals surface area (Å²) in [6, 6.07) is 7.47. The molecule has 0 spiro atoms. The number of hydrogen-bond donors (Lipinski definition) is 0. The molecule has 0 aliphatic carbocycles. The number of hydrogen-bond acceptors (Lipinski definition) is 1. The molecule has 1 aromatic carbocycles. The van der Waals surface area contributed by atoms with E-state index in [0.29, 0.717) is 0 Å². The van der Waals surface area contributed by atoms with Crippen LogP contribution in [0.4, 0.5) is 0 Å². The molecule has 0 amide bonds. The predicted octanol–water partition coefficient (Wildman–Crippen LogP) is 3.74. The SMILES string of the molecule is CCC[N+](CCC)(CCC)CCCc1ccccc1[O-]. The molecule has 2 heteroatoms. The third-order valence-electron chi connectivity index (χ3n) is 4.15. The third-order valence-corrected chi connectivity index (χ3v) is 4.15. The van der Waals surface area contributed by atoms with Crippen molar-refractivity contribution < 1.29 is 9.59 Å². The molecule has 0 unspecified atom stereocenters. The van der Waals surface area contributed by atoms with Crippen molar-refractivity contribution in [2.75, 3.05) is 26.2 Å². The minimum Gasteiger partial charge on any atom is -0.872 e. The molecule has 20 heavy (non-hydrogen) atoms. The van der Waals surface area contributed by atoms with Crippen LogP contribution in [0.5, 0.6) is 5.75 Å². The standard InChI is InChI=1S/C18H31NO/c1-4-13-19(14-5-2,15-6-3)16-9-11-17-10-7-8-12-18(17)20/h7-8,10,12H,4-6,9,11,13-16H2,1-3H3. The molecular weight excluding hydrogens is 246 g/mol. The number of aryl methyl sites for hydroxylation is 1. The molecule has 0 bridgehead atoms. The van der Waals surface area contributed by atoms with Gasteiger partial charge in [-0.3, -0.25) is 0 Å². The summed E-state index contributed by atoms with van der Waals surface area (Å²) in [7, 11) is 0. The topological polar surface area (TPSA) is 23.1 Å². The van der Waals surface area contributed by atoms with E-state index in [1.54, 1.807) is 6.07 Å². The van der Waals surface area contributed by atoms with Crippen molar-refractivity contribution in [1.29, 1.82) is 0 Å². The highest BCUT2D eigenvalue weighted by Crippen LogP contribution is 2.18. The van der Waals surface area contributed by atoms with Crippen LogP contribution >= 0.6 is 0 Å². The first-order chi connectivity index (χ1) is 9.67. The second-order valence-electron chi connectivity index (χ2n) is 5.95. The Kier molecular flexibility index (Phi) is 7.68. The molecule has 0 saturated heterocycles. The fourth-order valence-corrected chi connectivity index (χ4v) is 3.41. The van der Waals surface area contributed by atoms with Crippen LogP contribution in [0.25, 0.3) is 0 Å². The van der Waals surface area contributed by atoms with Crippen molar-refractivity contribution in [2.24, 2.45) is 0 Å². The highest BCUT2D eigenvalue weighted by Gasteiger charge is 2.23. The lowest BCUT2D eigenvalue weighted by Gasteiger charge is -2.38. The first-order valence-corrected chi connectivity index (χ1v) is 8.27. The fourth-order valence-electron chi connectivity index (χ4n) is 3.41. The molecule has 0 fully saturated rings. The molecule has 1 rings (SSSR count). The van der Waals surface area contributed by atoms with Crippen molar-refractivity contribution in [3.8, 4) is 5.75 Å². The Balaban J connectivity index is 2.59. The number of nitrogens with zero attached hydrogens (tertiary/aromatic N) is 1. The van der Waals surface area contributed by atoms with E-state index >= 15 is 0 Å². The number of quaternary nitrogens is 1. The van der Waals surface area contributed by atoms with E-state index in [-0.39, 0.29) is 5.75 Å². The Labute approximate surface area is 125 Å². The molecular formula is C18H31NO. The monoisotopic (exact) mass is 277 g/mol. The zero-order valence-corrected chi connectivity index (χ0v) is 13.5. The number of benzene rings is 1. The van der Waals surface area contributed by atoms with E-state index in [4.69, 9.17) is 0 Å². The van der Waals surface area contributed by atoms with E-state index in [0.717, 1.165) is 18.4 Å². The molecule has 2 nitrogen and oxygen atoms in total. The lowest BCUT2D eigenvalue weighted by atomic mass is 10.1. The summed E-state index contributed by atoms with van der Waals surface area (Å²) in [4.78, 5) is 0. The zero-order valence-electron chi connectivity index (χ0n) is 13.5. The summed E-state index contributed by atoms with van der Waals surface area (Å²) in [6.07, 6.45) is 5.80. The molecule has 0 radical (unpaired) electrons. The van der Waals surface area contributed by atoms with Crippen molar-refractivity contribution in [2.45, 2.75) is 52.9 Å². The van der Waals surface area contributed by atoms with Crippen LogP contribution in [0.1, 0.15) is 52.0 Å². The molecule has 0 saturated carbocycles. The quantitative estimate of drug-likeness (QED) is 0.597. The van der Waals surface area contributed by atoms with Crippen molar-refractivity contribution in [3.63, 3.8) is 0 Å². The van der Waals surface area contributed by atoms with Gasteiger partial charge in [0.15, 0.2) is 0 Å². The van der Waals surface area contributed by atoms with Gasteiger partial charge in [0.05, 0.1) is 26.2 Å². The highest BCUT2D eigenvalue weighted by atomic mass is 16.3. The van der Waals surface area contributed by atoms with Crippen molar-refractivity contribution >= 4 is 0 Å². The van der Waals surface area contributed by atoms with Gasteiger partial charge in [0.2, 0.25) is 0 Å². The van der Waals surface area contributed by atoms with Gasteiger partial charge in [0.1, 0.15) is 0 Å². The minimum atomic E-state index is 0.201. The van der Waals surface area contributed by atoms with Gasteiger partial charge in [0.25, 0.3) is 0 Å². The smallest absolute Gasteiger partial charge is 0.0789 e. The second kappa shape index (κ2) is 9.02. The summed E-state index contributed by atoms with van der Waals surface area (Å²) >= 11 is 0. The minimum absolute atomic E-state index is 0.201. The molecule has 0 aliphatic rings. The molecule has 0 atom stereocenters. The summed E-state index contributed by atoms with van der Waals surface area (Å²) in [5.41, 5.74) is 0.982. The van der Waals surface area contributed by atoms with Crippen LogP contribution in [-0.4, -0.2) is 30.7 Å². The van der Waals surface area contributed by atoms with Crippen LogP contribution in [0.15, 0.2) is 24.3 Å². The van der Waals surface area contributed by atoms with Crippen LogP contribution in [0.2, 0.25) is 0 Å². The van der Waals surface area contributed by atoms with Crippen LogP contribution in [-0.2, 0) is 6.42 Å². The molecule has 0 aliphatic heterocycles. The maximum Gasteiger partial charge on any atom is 0.0789 e. The summed E-state index contributed by atoms with van der Waals surface area (Å²) in [5.74, 6) is 0.201. The Morgan fingerprint density at radius 3 is 1.90 bits per heavy atom. The molecule has 1 aromatic rings. The maximum absolute atomic E-state index is 11.7. The fraction of sp³-hybridized carbons (Fsp3) is 0.667. The maximum atomic E-state index is 11.7.